The van der Waals surface area contributed by atoms with Gasteiger partial charge in [-0.25, -0.2) is 18.2 Å². The molecule has 1 amide bonds. The lowest BCUT2D eigenvalue weighted by molar-refractivity contribution is -0.134. The van der Waals surface area contributed by atoms with E-state index in [-0.39, 0.29) is 26.1 Å². The van der Waals surface area contributed by atoms with E-state index in [2.05, 4.69) is 10.1 Å². The molecular formula is C24H34N4O7S. The molecule has 2 saturated heterocycles. The zero-order valence-corrected chi connectivity index (χ0v) is 21.3. The highest BCUT2D eigenvalue weighted by Crippen LogP contribution is 2.35. The first-order chi connectivity index (χ1) is 17.4. The molecule has 11 nitrogen and oxygen atoms in total. The monoisotopic (exact) mass is 522 g/mol. The van der Waals surface area contributed by atoms with Crippen molar-refractivity contribution in [1.29, 1.82) is 0 Å². The van der Waals surface area contributed by atoms with Crippen LogP contribution in [-0.4, -0.2) is 72.1 Å². The molecule has 0 atom stereocenters. The zero-order chi connectivity index (χ0) is 25.6. The predicted molar refractivity (Wildman–Crippen MR) is 130 cm³/mol. The lowest BCUT2D eigenvalue weighted by atomic mass is 9.92. The summed E-state index contributed by atoms with van der Waals surface area (Å²) in [6, 6.07) is 7.49. The van der Waals surface area contributed by atoms with E-state index < -0.39 is 20.7 Å². The number of hydrogen-bond donors (Lipinski definition) is 2. The number of hydroxylamine groups is 1. The van der Waals surface area contributed by atoms with Crippen LogP contribution < -0.4 is 10.2 Å². The second-order valence-electron chi connectivity index (χ2n) is 9.38. The van der Waals surface area contributed by atoms with Crippen molar-refractivity contribution in [1.82, 2.24) is 19.9 Å². The van der Waals surface area contributed by atoms with Gasteiger partial charge in [-0.2, -0.15) is 4.98 Å². The number of aryl methyl sites for hydroxylation is 1. The van der Waals surface area contributed by atoms with Crippen LogP contribution >= 0.6 is 0 Å². The molecule has 198 valence electrons. The molecule has 36 heavy (non-hydrogen) atoms. The highest BCUT2D eigenvalue weighted by molar-refractivity contribution is 7.91. The fourth-order valence-corrected chi connectivity index (χ4v) is 7.16. The van der Waals surface area contributed by atoms with Crippen LogP contribution in [0.25, 0.3) is 11.4 Å². The molecule has 0 saturated carbocycles. The molecule has 0 aliphatic carbocycles. The number of nitrogens with one attached hydrogen (secondary N) is 1. The average Bonchev–Trinajstić information content (AvgIpc) is 3.40. The molecule has 3 heterocycles. The fraction of sp³-hybridized carbons (Fsp3) is 0.625. The number of unbranched alkanes of at least 4 members (excludes halogenated alkanes) is 1. The third-order valence-corrected chi connectivity index (χ3v) is 9.92. The first-order valence-corrected chi connectivity index (χ1v) is 13.8. The average molecular weight is 523 g/mol. The molecule has 0 bridgehead atoms. The molecule has 2 N–H and O–H groups in total. The lowest BCUT2D eigenvalue weighted by Crippen LogP contribution is -2.60. The van der Waals surface area contributed by atoms with Crippen molar-refractivity contribution in [3.8, 4) is 17.1 Å². The van der Waals surface area contributed by atoms with E-state index in [0.29, 0.717) is 37.1 Å². The highest BCUT2D eigenvalue weighted by atomic mass is 32.2. The summed E-state index contributed by atoms with van der Waals surface area (Å²) >= 11 is 0. The standard InChI is InChI=1S/C24H34N4O7S/c1-33-20-8-6-19(7-9-20)22-25-21(35-27-22)5-3-2-4-18-10-14-28(15-11-18)36(31,32)24(23(29)26-30)12-16-34-17-13-24/h6-9,18,30H,2-5,10-17H2,1H3,(H,26,29). The quantitative estimate of drug-likeness (QED) is 0.273. The molecule has 2 aromatic rings. The molecule has 1 aromatic carbocycles. The third kappa shape index (κ3) is 5.56. The maximum Gasteiger partial charge on any atom is 0.266 e. The minimum absolute atomic E-state index is 0.0392. The van der Waals surface area contributed by atoms with Crippen molar-refractivity contribution in [2.45, 2.75) is 56.1 Å². The Labute approximate surface area is 211 Å². The Balaban J connectivity index is 1.23. The van der Waals surface area contributed by atoms with Gasteiger partial charge in [0.2, 0.25) is 21.7 Å². The Morgan fingerprint density at radius 2 is 1.89 bits per heavy atom. The Hall–Kier alpha value is -2.54. The van der Waals surface area contributed by atoms with Gasteiger partial charge in [-0.05, 0) is 49.4 Å². The van der Waals surface area contributed by atoms with Crippen LogP contribution in [0.2, 0.25) is 0 Å². The van der Waals surface area contributed by atoms with Crippen LogP contribution in [0.5, 0.6) is 5.75 Å². The maximum atomic E-state index is 13.4. The summed E-state index contributed by atoms with van der Waals surface area (Å²) in [4.78, 5) is 16.9. The molecule has 4 rings (SSSR count). The zero-order valence-electron chi connectivity index (χ0n) is 20.5. The minimum Gasteiger partial charge on any atom is -0.497 e. The molecule has 2 aliphatic rings. The largest absolute Gasteiger partial charge is 0.497 e. The van der Waals surface area contributed by atoms with E-state index in [1.54, 1.807) is 12.6 Å². The van der Waals surface area contributed by atoms with Crippen LogP contribution in [0.15, 0.2) is 28.8 Å². The molecule has 0 unspecified atom stereocenters. The van der Waals surface area contributed by atoms with E-state index >= 15 is 0 Å². The van der Waals surface area contributed by atoms with Gasteiger partial charge in [0.25, 0.3) is 5.91 Å². The summed E-state index contributed by atoms with van der Waals surface area (Å²) < 4.78 is 42.4. The van der Waals surface area contributed by atoms with Crippen molar-refractivity contribution in [3.05, 3.63) is 30.2 Å². The Morgan fingerprint density at radius 1 is 1.19 bits per heavy atom. The van der Waals surface area contributed by atoms with Crippen molar-refractivity contribution < 1.29 is 32.4 Å². The number of rotatable bonds is 10. The van der Waals surface area contributed by atoms with Crippen molar-refractivity contribution >= 4 is 15.9 Å². The first kappa shape index (κ1) is 26.5. The summed E-state index contributed by atoms with van der Waals surface area (Å²) in [5, 5.41) is 13.3. The van der Waals surface area contributed by atoms with E-state index in [4.69, 9.17) is 14.0 Å². The lowest BCUT2D eigenvalue weighted by Gasteiger charge is -2.40. The van der Waals surface area contributed by atoms with Crippen LogP contribution in [0.3, 0.4) is 0 Å². The smallest absolute Gasteiger partial charge is 0.266 e. The van der Waals surface area contributed by atoms with E-state index in [1.165, 1.54) is 4.31 Å². The maximum absolute atomic E-state index is 13.4. The van der Waals surface area contributed by atoms with Gasteiger partial charge < -0.3 is 14.0 Å². The Morgan fingerprint density at radius 3 is 2.53 bits per heavy atom. The number of ether oxygens (including phenoxy) is 2. The fourth-order valence-electron chi connectivity index (χ4n) is 5.01. The second-order valence-corrected chi connectivity index (χ2v) is 11.6. The van der Waals surface area contributed by atoms with Crippen LogP contribution in [0.1, 0.15) is 50.8 Å². The number of aromatic nitrogens is 2. The van der Waals surface area contributed by atoms with Crippen molar-refractivity contribution in [2.24, 2.45) is 5.92 Å². The number of benzene rings is 1. The van der Waals surface area contributed by atoms with Crippen LogP contribution in [-0.2, 0) is 26.0 Å². The summed E-state index contributed by atoms with van der Waals surface area (Å²) in [6.45, 7) is 1.10. The topological polar surface area (TPSA) is 144 Å². The number of sulfonamides is 1. The van der Waals surface area contributed by atoms with Gasteiger partial charge in [-0.1, -0.05) is 18.0 Å². The molecule has 12 heteroatoms. The van der Waals surface area contributed by atoms with E-state index in [1.807, 2.05) is 24.3 Å². The van der Waals surface area contributed by atoms with Gasteiger partial charge >= 0.3 is 0 Å². The van der Waals surface area contributed by atoms with Gasteiger partial charge in [0.15, 0.2) is 4.75 Å². The van der Waals surface area contributed by atoms with Crippen molar-refractivity contribution in [2.75, 3.05) is 33.4 Å². The van der Waals surface area contributed by atoms with Gasteiger partial charge in [-0.15, -0.1) is 0 Å². The van der Waals surface area contributed by atoms with E-state index in [0.717, 1.165) is 43.4 Å². The summed E-state index contributed by atoms with van der Waals surface area (Å²) in [5.74, 6) is 1.48. The second kappa shape index (κ2) is 11.7. The number of hydrogen-bond acceptors (Lipinski definition) is 9. The highest BCUT2D eigenvalue weighted by Gasteiger charge is 2.54. The molecule has 2 fully saturated rings. The number of methoxy groups -OCH3 is 1. The van der Waals surface area contributed by atoms with Crippen LogP contribution in [0, 0.1) is 5.92 Å². The number of piperidine rings is 1. The number of amides is 1. The van der Waals surface area contributed by atoms with E-state index in [9.17, 15) is 18.4 Å². The number of carbonyl (C=O) groups is 1. The minimum atomic E-state index is -3.92. The number of nitrogens with zero attached hydrogens (tertiary/aromatic N) is 3. The molecule has 2 aliphatic heterocycles. The summed E-state index contributed by atoms with van der Waals surface area (Å²) in [7, 11) is -2.30. The normalized spacial score (nSPS) is 19.2. The molecule has 0 spiro atoms. The molecule has 1 aromatic heterocycles. The van der Waals surface area contributed by atoms with Gasteiger partial charge in [0.1, 0.15) is 5.75 Å². The van der Waals surface area contributed by atoms with Gasteiger partial charge in [0.05, 0.1) is 7.11 Å². The first-order valence-electron chi connectivity index (χ1n) is 12.4. The van der Waals surface area contributed by atoms with Crippen molar-refractivity contribution in [3.63, 3.8) is 0 Å². The van der Waals surface area contributed by atoms with Gasteiger partial charge in [0, 0.05) is 51.1 Å². The predicted octanol–water partition coefficient (Wildman–Crippen LogP) is 2.55. The Kier molecular flexibility index (Phi) is 8.60. The molecule has 0 radical (unpaired) electrons. The summed E-state index contributed by atoms with van der Waals surface area (Å²) in [6.07, 6.45) is 5.13. The van der Waals surface area contributed by atoms with Gasteiger partial charge in [-0.3, -0.25) is 10.0 Å². The Bertz CT molecular complexity index is 1110. The molecular weight excluding hydrogens is 488 g/mol. The van der Waals surface area contributed by atoms with Crippen LogP contribution in [0.4, 0.5) is 0 Å². The third-order valence-electron chi connectivity index (χ3n) is 7.29. The summed E-state index contributed by atoms with van der Waals surface area (Å²) in [5.41, 5.74) is 2.44. The SMILES string of the molecule is COc1ccc(-c2noc(CCCCC3CCN(S(=O)(=O)C4(C(=O)NO)CCOCC4)CC3)n2)cc1. The number of carbonyl (C=O) groups excluding carboxylic acids is 1.